The zero-order valence-electron chi connectivity index (χ0n) is 10.7. The highest BCUT2D eigenvalue weighted by atomic mass is 79.9. The quantitative estimate of drug-likeness (QED) is 0.870. The Kier molecular flexibility index (Phi) is 3.70. The molecule has 1 amide bonds. The standard InChI is InChI=1S/C13H17BrN4O/c14-11-1-2-12(16-9-11)17-3-5-18(6-4-17)13(19)10-7-15-8-10/h1-2,9-10,15H,3-8H2. The predicted molar refractivity (Wildman–Crippen MR) is 77.1 cm³/mol. The predicted octanol–water partition coefficient (Wildman–Crippen LogP) is 0.712. The molecule has 0 saturated carbocycles. The fourth-order valence-electron chi connectivity index (χ4n) is 2.43. The van der Waals surface area contributed by atoms with E-state index in [2.05, 4.69) is 31.1 Å². The summed E-state index contributed by atoms with van der Waals surface area (Å²) in [5, 5.41) is 3.15. The van der Waals surface area contributed by atoms with Crippen LogP contribution in [0.25, 0.3) is 0 Å². The first-order valence-electron chi connectivity index (χ1n) is 6.60. The van der Waals surface area contributed by atoms with Crippen LogP contribution in [0, 0.1) is 5.92 Å². The fourth-order valence-corrected chi connectivity index (χ4v) is 2.67. The zero-order valence-corrected chi connectivity index (χ0v) is 12.3. The van der Waals surface area contributed by atoms with Crippen LogP contribution in [0.1, 0.15) is 0 Å². The number of carbonyl (C=O) groups is 1. The van der Waals surface area contributed by atoms with E-state index in [1.54, 1.807) is 0 Å². The molecular weight excluding hydrogens is 308 g/mol. The van der Waals surface area contributed by atoms with Gasteiger partial charge in [-0.1, -0.05) is 0 Å². The Balaban J connectivity index is 1.56. The Bertz CT molecular complexity index is 452. The number of anilines is 1. The molecular formula is C13H17BrN4O. The molecule has 0 spiro atoms. The van der Waals surface area contributed by atoms with Gasteiger partial charge in [-0.25, -0.2) is 4.98 Å². The normalized spacial score (nSPS) is 20.3. The Morgan fingerprint density at radius 3 is 2.53 bits per heavy atom. The second-order valence-corrected chi connectivity index (χ2v) is 5.92. The van der Waals surface area contributed by atoms with Crippen LogP contribution in [0.4, 0.5) is 5.82 Å². The topological polar surface area (TPSA) is 48.5 Å². The summed E-state index contributed by atoms with van der Waals surface area (Å²) >= 11 is 3.39. The summed E-state index contributed by atoms with van der Waals surface area (Å²) < 4.78 is 0.988. The van der Waals surface area contributed by atoms with Crippen LogP contribution >= 0.6 is 15.9 Å². The number of aromatic nitrogens is 1. The highest BCUT2D eigenvalue weighted by molar-refractivity contribution is 9.10. The highest BCUT2D eigenvalue weighted by Crippen LogP contribution is 2.17. The fraction of sp³-hybridized carbons (Fsp3) is 0.538. The molecule has 0 atom stereocenters. The smallest absolute Gasteiger partial charge is 0.228 e. The van der Waals surface area contributed by atoms with Crippen LogP contribution in [0.15, 0.2) is 22.8 Å². The first-order valence-corrected chi connectivity index (χ1v) is 7.39. The van der Waals surface area contributed by atoms with Gasteiger partial charge in [0.1, 0.15) is 5.82 Å². The maximum atomic E-state index is 12.1. The monoisotopic (exact) mass is 324 g/mol. The Labute approximate surface area is 121 Å². The molecule has 102 valence electrons. The number of amides is 1. The second-order valence-electron chi connectivity index (χ2n) is 5.00. The largest absolute Gasteiger partial charge is 0.353 e. The van der Waals surface area contributed by atoms with Gasteiger partial charge < -0.3 is 15.1 Å². The average Bonchev–Trinajstić information content (AvgIpc) is 2.38. The van der Waals surface area contributed by atoms with Crippen LogP contribution in [-0.2, 0) is 4.79 Å². The van der Waals surface area contributed by atoms with E-state index in [-0.39, 0.29) is 5.92 Å². The van der Waals surface area contributed by atoms with Gasteiger partial charge >= 0.3 is 0 Å². The molecule has 0 bridgehead atoms. The number of nitrogens with one attached hydrogen (secondary N) is 1. The number of carbonyl (C=O) groups excluding carboxylic acids is 1. The third-order valence-corrected chi connectivity index (χ3v) is 4.23. The first kappa shape index (κ1) is 12.9. The zero-order chi connectivity index (χ0) is 13.2. The summed E-state index contributed by atoms with van der Waals surface area (Å²) in [6.07, 6.45) is 1.81. The number of nitrogens with zero attached hydrogens (tertiary/aromatic N) is 3. The van der Waals surface area contributed by atoms with E-state index in [4.69, 9.17) is 0 Å². The highest BCUT2D eigenvalue weighted by Gasteiger charge is 2.31. The van der Waals surface area contributed by atoms with Crippen molar-refractivity contribution in [3.05, 3.63) is 22.8 Å². The maximum Gasteiger partial charge on any atom is 0.228 e. The minimum absolute atomic E-state index is 0.206. The lowest BCUT2D eigenvalue weighted by Gasteiger charge is -2.38. The molecule has 2 saturated heterocycles. The van der Waals surface area contributed by atoms with E-state index in [0.29, 0.717) is 5.91 Å². The van der Waals surface area contributed by atoms with E-state index in [9.17, 15) is 4.79 Å². The van der Waals surface area contributed by atoms with Crippen LogP contribution in [0.5, 0.6) is 0 Å². The molecule has 0 aromatic carbocycles. The SMILES string of the molecule is O=C(C1CNC1)N1CCN(c2ccc(Br)cn2)CC1. The first-order chi connectivity index (χ1) is 9.24. The number of pyridine rings is 1. The lowest BCUT2D eigenvalue weighted by atomic mass is 10.0. The summed E-state index contributed by atoms with van der Waals surface area (Å²) in [6.45, 7) is 5.00. The molecule has 2 aliphatic heterocycles. The van der Waals surface area contributed by atoms with Gasteiger partial charge in [0.05, 0.1) is 5.92 Å². The Morgan fingerprint density at radius 2 is 2.00 bits per heavy atom. The molecule has 5 nitrogen and oxygen atoms in total. The molecule has 2 aliphatic rings. The van der Waals surface area contributed by atoms with Gasteiger partial charge in [0.25, 0.3) is 0 Å². The second kappa shape index (κ2) is 5.46. The number of rotatable bonds is 2. The number of hydrogen-bond donors (Lipinski definition) is 1. The summed E-state index contributed by atoms with van der Waals surface area (Å²) in [5.74, 6) is 1.50. The van der Waals surface area contributed by atoms with Crippen LogP contribution in [-0.4, -0.2) is 55.1 Å². The van der Waals surface area contributed by atoms with Crippen molar-refractivity contribution in [2.24, 2.45) is 5.92 Å². The van der Waals surface area contributed by atoms with Crippen molar-refractivity contribution in [1.29, 1.82) is 0 Å². The average molecular weight is 325 g/mol. The van der Waals surface area contributed by atoms with Crippen molar-refractivity contribution in [2.75, 3.05) is 44.2 Å². The molecule has 19 heavy (non-hydrogen) atoms. The van der Waals surface area contributed by atoms with Gasteiger partial charge in [-0.15, -0.1) is 0 Å². The van der Waals surface area contributed by atoms with Crippen molar-refractivity contribution in [3.8, 4) is 0 Å². The summed E-state index contributed by atoms with van der Waals surface area (Å²) in [4.78, 5) is 20.7. The molecule has 0 unspecified atom stereocenters. The van der Waals surface area contributed by atoms with E-state index in [0.717, 1.165) is 49.6 Å². The van der Waals surface area contributed by atoms with Crippen molar-refractivity contribution in [3.63, 3.8) is 0 Å². The summed E-state index contributed by atoms with van der Waals surface area (Å²) in [7, 11) is 0. The molecule has 1 N–H and O–H groups in total. The summed E-state index contributed by atoms with van der Waals surface area (Å²) in [5.41, 5.74) is 0. The lowest BCUT2D eigenvalue weighted by molar-refractivity contribution is -0.137. The molecule has 1 aromatic heterocycles. The van der Waals surface area contributed by atoms with Gasteiger partial charge in [-0.2, -0.15) is 0 Å². The van der Waals surface area contributed by atoms with Gasteiger partial charge in [0, 0.05) is 49.9 Å². The lowest BCUT2D eigenvalue weighted by Crippen LogP contribution is -2.56. The summed E-state index contributed by atoms with van der Waals surface area (Å²) in [6, 6.07) is 4.01. The third kappa shape index (κ3) is 2.74. The molecule has 3 heterocycles. The number of halogens is 1. The van der Waals surface area contributed by atoms with Crippen LogP contribution in [0.2, 0.25) is 0 Å². The van der Waals surface area contributed by atoms with E-state index >= 15 is 0 Å². The van der Waals surface area contributed by atoms with Gasteiger partial charge in [-0.3, -0.25) is 4.79 Å². The van der Waals surface area contributed by atoms with Crippen molar-refractivity contribution >= 4 is 27.7 Å². The molecule has 0 aliphatic carbocycles. The van der Waals surface area contributed by atoms with Crippen molar-refractivity contribution in [1.82, 2.24) is 15.2 Å². The van der Waals surface area contributed by atoms with E-state index < -0.39 is 0 Å². The van der Waals surface area contributed by atoms with Crippen LogP contribution in [0.3, 0.4) is 0 Å². The van der Waals surface area contributed by atoms with Crippen molar-refractivity contribution in [2.45, 2.75) is 0 Å². The van der Waals surface area contributed by atoms with Gasteiger partial charge in [0.15, 0.2) is 0 Å². The molecule has 1 aromatic rings. The molecule has 3 rings (SSSR count). The Morgan fingerprint density at radius 1 is 1.26 bits per heavy atom. The molecule has 0 radical (unpaired) electrons. The minimum atomic E-state index is 0.206. The van der Waals surface area contributed by atoms with E-state index in [1.165, 1.54) is 0 Å². The number of piperazine rings is 1. The molecule has 6 heteroatoms. The van der Waals surface area contributed by atoms with Gasteiger partial charge in [0.2, 0.25) is 5.91 Å². The maximum absolute atomic E-state index is 12.1. The van der Waals surface area contributed by atoms with E-state index in [1.807, 2.05) is 23.2 Å². The number of hydrogen-bond acceptors (Lipinski definition) is 4. The van der Waals surface area contributed by atoms with Crippen LogP contribution < -0.4 is 10.2 Å². The minimum Gasteiger partial charge on any atom is -0.353 e. The Hall–Kier alpha value is -1.14. The molecule has 2 fully saturated rings. The van der Waals surface area contributed by atoms with Gasteiger partial charge in [-0.05, 0) is 28.1 Å². The third-order valence-electron chi connectivity index (χ3n) is 3.76. The van der Waals surface area contributed by atoms with Crippen molar-refractivity contribution < 1.29 is 4.79 Å².